The van der Waals surface area contributed by atoms with Crippen LogP contribution in [-0.2, 0) is 5.54 Å². The summed E-state index contributed by atoms with van der Waals surface area (Å²) in [4.78, 5) is 0. The maximum absolute atomic E-state index is 5.96. The lowest BCUT2D eigenvalue weighted by Crippen LogP contribution is -2.41. The summed E-state index contributed by atoms with van der Waals surface area (Å²) in [5, 5.41) is 3.39. The largest absolute Gasteiger partial charge is 0.307 e. The van der Waals surface area contributed by atoms with Gasteiger partial charge < -0.3 is 5.32 Å². The van der Waals surface area contributed by atoms with Gasteiger partial charge in [0, 0.05) is 5.88 Å². The SMILES string of the molecule is CCNC(C)(CCl)c1ccccc1. The van der Waals surface area contributed by atoms with Crippen LogP contribution in [0.3, 0.4) is 0 Å². The molecular weight excluding hydrogens is 182 g/mol. The molecule has 0 aromatic heterocycles. The van der Waals surface area contributed by atoms with Gasteiger partial charge in [0.2, 0.25) is 0 Å². The Hall–Kier alpha value is -0.530. The fraction of sp³-hybridized carbons (Fsp3) is 0.455. The molecule has 13 heavy (non-hydrogen) atoms. The lowest BCUT2D eigenvalue weighted by molar-refractivity contribution is 0.421. The molecule has 72 valence electrons. The summed E-state index contributed by atoms with van der Waals surface area (Å²) in [7, 11) is 0. The van der Waals surface area contributed by atoms with E-state index in [1.807, 2.05) is 18.2 Å². The molecule has 0 fully saturated rings. The van der Waals surface area contributed by atoms with Gasteiger partial charge in [-0.25, -0.2) is 0 Å². The van der Waals surface area contributed by atoms with Gasteiger partial charge in [0.25, 0.3) is 0 Å². The predicted molar refractivity (Wildman–Crippen MR) is 58.2 cm³/mol. The second kappa shape index (κ2) is 4.64. The van der Waals surface area contributed by atoms with Crippen molar-refractivity contribution in [2.45, 2.75) is 19.4 Å². The van der Waals surface area contributed by atoms with Crippen LogP contribution in [0.25, 0.3) is 0 Å². The fourth-order valence-electron chi connectivity index (χ4n) is 1.42. The summed E-state index contributed by atoms with van der Waals surface area (Å²) in [6.07, 6.45) is 0. The maximum Gasteiger partial charge on any atom is 0.0543 e. The molecule has 0 heterocycles. The highest BCUT2D eigenvalue weighted by atomic mass is 35.5. The molecule has 1 nitrogen and oxygen atoms in total. The fourth-order valence-corrected chi connectivity index (χ4v) is 1.67. The summed E-state index contributed by atoms with van der Waals surface area (Å²) in [6.45, 7) is 5.14. The molecule has 0 aliphatic heterocycles. The third-order valence-corrected chi connectivity index (χ3v) is 2.78. The Morgan fingerprint density at radius 1 is 1.31 bits per heavy atom. The minimum Gasteiger partial charge on any atom is -0.307 e. The predicted octanol–water partition coefficient (Wildman–Crippen LogP) is 2.75. The first-order valence-electron chi connectivity index (χ1n) is 4.59. The minimum absolute atomic E-state index is 0.0996. The molecule has 1 aromatic carbocycles. The van der Waals surface area contributed by atoms with Gasteiger partial charge >= 0.3 is 0 Å². The normalized spacial score (nSPS) is 15.3. The Morgan fingerprint density at radius 2 is 1.92 bits per heavy atom. The van der Waals surface area contributed by atoms with Gasteiger partial charge in [-0.1, -0.05) is 37.3 Å². The lowest BCUT2D eigenvalue weighted by atomic mass is 9.94. The molecule has 1 aromatic rings. The highest BCUT2D eigenvalue weighted by molar-refractivity contribution is 6.18. The summed E-state index contributed by atoms with van der Waals surface area (Å²) in [6, 6.07) is 10.3. The van der Waals surface area contributed by atoms with E-state index in [-0.39, 0.29) is 5.54 Å². The van der Waals surface area contributed by atoms with E-state index in [2.05, 4.69) is 31.3 Å². The summed E-state index contributed by atoms with van der Waals surface area (Å²) < 4.78 is 0. The Kier molecular flexibility index (Phi) is 3.76. The van der Waals surface area contributed by atoms with Gasteiger partial charge in [0.15, 0.2) is 0 Å². The smallest absolute Gasteiger partial charge is 0.0543 e. The van der Waals surface area contributed by atoms with E-state index in [9.17, 15) is 0 Å². The van der Waals surface area contributed by atoms with Gasteiger partial charge in [-0.05, 0) is 19.0 Å². The number of benzene rings is 1. The molecule has 0 aliphatic rings. The highest BCUT2D eigenvalue weighted by Crippen LogP contribution is 2.21. The molecule has 0 radical (unpaired) electrons. The van der Waals surface area contributed by atoms with E-state index in [0.717, 1.165) is 6.54 Å². The third kappa shape index (κ3) is 2.45. The van der Waals surface area contributed by atoms with Crippen LogP contribution in [0.5, 0.6) is 0 Å². The van der Waals surface area contributed by atoms with E-state index in [1.54, 1.807) is 0 Å². The lowest BCUT2D eigenvalue weighted by Gasteiger charge is -2.28. The molecule has 0 amide bonds. The van der Waals surface area contributed by atoms with Crippen LogP contribution in [0.2, 0.25) is 0 Å². The summed E-state index contributed by atoms with van der Waals surface area (Å²) in [5.41, 5.74) is 1.14. The van der Waals surface area contributed by atoms with Gasteiger partial charge in [0.05, 0.1) is 5.54 Å². The van der Waals surface area contributed by atoms with Crippen LogP contribution < -0.4 is 5.32 Å². The molecule has 1 N–H and O–H groups in total. The van der Waals surface area contributed by atoms with E-state index in [1.165, 1.54) is 5.56 Å². The molecule has 0 saturated carbocycles. The molecular formula is C11H16ClN. The first-order valence-corrected chi connectivity index (χ1v) is 5.13. The zero-order valence-corrected chi connectivity index (χ0v) is 8.93. The second-order valence-corrected chi connectivity index (χ2v) is 3.63. The first-order chi connectivity index (χ1) is 6.23. The van der Waals surface area contributed by atoms with E-state index in [0.29, 0.717) is 5.88 Å². The molecule has 0 saturated heterocycles. The number of hydrogen-bond donors (Lipinski definition) is 1. The maximum atomic E-state index is 5.96. The van der Waals surface area contributed by atoms with Gasteiger partial charge in [-0.2, -0.15) is 0 Å². The quantitative estimate of drug-likeness (QED) is 0.732. The molecule has 0 aliphatic carbocycles. The third-order valence-electron chi connectivity index (χ3n) is 2.25. The molecule has 1 unspecified atom stereocenters. The topological polar surface area (TPSA) is 12.0 Å². The molecule has 1 rings (SSSR count). The van der Waals surface area contributed by atoms with Crippen LogP contribution in [0.1, 0.15) is 19.4 Å². The van der Waals surface area contributed by atoms with Crippen LogP contribution in [0, 0.1) is 0 Å². The highest BCUT2D eigenvalue weighted by Gasteiger charge is 2.23. The van der Waals surface area contributed by atoms with Crippen molar-refractivity contribution in [1.29, 1.82) is 0 Å². The van der Waals surface area contributed by atoms with Crippen molar-refractivity contribution in [2.75, 3.05) is 12.4 Å². The Morgan fingerprint density at radius 3 is 2.38 bits per heavy atom. The minimum atomic E-state index is -0.0996. The second-order valence-electron chi connectivity index (χ2n) is 3.36. The average Bonchev–Trinajstić information content (AvgIpc) is 2.19. The molecule has 0 bridgehead atoms. The van der Waals surface area contributed by atoms with E-state index >= 15 is 0 Å². The Labute approximate surface area is 85.1 Å². The van der Waals surface area contributed by atoms with Crippen molar-refractivity contribution < 1.29 is 0 Å². The Balaban J connectivity index is 2.89. The van der Waals surface area contributed by atoms with Crippen molar-refractivity contribution in [3.63, 3.8) is 0 Å². The van der Waals surface area contributed by atoms with Crippen LogP contribution >= 0.6 is 11.6 Å². The van der Waals surface area contributed by atoms with Gasteiger partial charge in [-0.15, -0.1) is 11.6 Å². The number of alkyl halides is 1. The Bertz CT molecular complexity index is 248. The monoisotopic (exact) mass is 197 g/mol. The van der Waals surface area contributed by atoms with E-state index in [4.69, 9.17) is 11.6 Å². The zero-order chi connectivity index (χ0) is 9.73. The number of hydrogen-bond acceptors (Lipinski definition) is 1. The van der Waals surface area contributed by atoms with E-state index < -0.39 is 0 Å². The van der Waals surface area contributed by atoms with Crippen molar-refractivity contribution in [1.82, 2.24) is 5.32 Å². The molecule has 0 spiro atoms. The van der Waals surface area contributed by atoms with Crippen molar-refractivity contribution in [2.24, 2.45) is 0 Å². The van der Waals surface area contributed by atoms with Crippen LogP contribution in [0.15, 0.2) is 30.3 Å². The molecule has 1 atom stereocenters. The number of rotatable bonds is 4. The number of nitrogens with one attached hydrogen (secondary N) is 1. The standard InChI is InChI=1S/C11H16ClN/c1-3-13-11(2,9-12)10-7-5-4-6-8-10/h4-8,13H,3,9H2,1-2H3. The van der Waals surface area contributed by atoms with Gasteiger partial charge in [-0.3, -0.25) is 0 Å². The van der Waals surface area contributed by atoms with Gasteiger partial charge in [0.1, 0.15) is 0 Å². The van der Waals surface area contributed by atoms with Crippen molar-refractivity contribution >= 4 is 11.6 Å². The first kappa shape index (κ1) is 10.6. The average molecular weight is 198 g/mol. The number of halogens is 1. The van der Waals surface area contributed by atoms with Crippen molar-refractivity contribution in [3.05, 3.63) is 35.9 Å². The summed E-state index contributed by atoms with van der Waals surface area (Å²) >= 11 is 5.96. The van der Waals surface area contributed by atoms with Crippen LogP contribution in [-0.4, -0.2) is 12.4 Å². The van der Waals surface area contributed by atoms with Crippen LogP contribution in [0.4, 0.5) is 0 Å². The summed E-state index contributed by atoms with van der Waals surface area (Å²) in [5.74, 6) is 0.588. The molecule has 2 heteroatoms. The zero-order valence-electron chi connectivity index (χ0n) is 8.18. The van der Waals surface area contributed by atoms with Crippen molar-refractivity contribution in [3.8, 4) is 0 Å².